The molecule has 4 rings (SSSR count). The quantitative estimate of drug-likeness (QED) is 0.577. The van der Waals surface area contributed by atoms with E-state index in [2.05, 4.69) is 20.4 Å². The molecule has 1 aliphatic carbocycles. The number of amidine groups is 1. The fourth-order valence-electron chi connectivity index (χ4n) is 4.42. The summed E-state index contributed by atoms with van der Waals surface area (Å²) in [5.74, 6) is -0.777. The maximum atomic E-state index is 12.7. The summed E-state index contributed by atoms with van der Waals surface area (Å²) < 4.78 is 42.1. The Labute approximate surface area is 178 Å². The summed E-state index contributed by atoms with van der Waals surface area (Å²) in [5.41, 5.74) is 15.0. The van der Waals surface area contributed by atoms with Crippen molar-refractivity contribution in [1.82, 2.24) is 5.32 Å². The van der Waals surface area contributed by atoms with E-state index in [-0.39, 0.29) is 24.3 Å². The van der Waals surface area contributed by atoms with Crippen molar-refractivity contribution in [3.8, 4) is 5.75 Å². The van der Waals surface area contributed by atoms with Gasteiger partial charge in [-0.2, -0.15) is 0 Å². The minimum absolute atomic E-state index is 0.0207. The number of para-hydroxylation sites is 2. The normalized spacial score (nSPS) is 25.9. The molecule has 9 heteroatoms. The first kappa shape index (κ1) is 21.5. The van der Waals surface area contributed by atoms with Crippen LogP contribution in [0.2, 0.25) is 0 Å². The Balaban J connectivity index is 1.43. The molecule has 0 spiro atoms. The van der Waals surface area contributed by atoms with Gasteiger partial charge in [-0.3, -0.25) is 5.73 Å². The van der Waals surface area contributed by atoms with E-state index in [1.54, 1.807) is 12.1 Å². The molecule has 2 aromatic rings. The van der Waals surface area contributed by atoms with Crippen LogP contribution in [0.4, 0.5) is 18.9 Å². The number of hydrogen-bond donors (Lipinski definition) is 4. The van der Waals surface area contributed by atoms with Crippen molar-refractivity contribution < 1.29 is 17.9 Å². The van der Waals surface area contributed by atoms with Crippen LogP contribution in [0.5, 0.6) is 5.75 Å². The van der Waals surface area contributed by atoms with Crippen LogP contribution < -0.4 is 26.8 Å². The van der Waals surface area contributed by atoms with Crippen LogP contribution in [0.25, 0.3) is 0 Å². The Morgan fingerprint density at radius 1 is 1.13 bits per heavy atom. The maximum Gasteiger partial charge on any atom is 0.573 e. The fourth-order valence-corrected chi connectivity index (χ4v) is 4.42. The van der Waals surface area contributed by atoms with Crippen LogP contribution >= 0.6 is 0 Å². The van der Waals surface area contributed by atoms with E-state index in [9.17, 15) is 13.2 Å². The number of benzene rings is 2. The van der Waals surface area contributed by atoms with Gasteiger partial charge in [0.1, 0.15) is 11.6 Å². The number of nitrogens with one attached hydrogen (secondary N) is 2. The highest BCUT2D eigenvalue weighted by Crippen LogP contribution is 2.36. The summed E-state index contributed by atoms with van der Waals surface area (Å²) in [5, 5.41) is 6.71. The van der Waals surface area contributed by atoms with Crippen LogP contribution in [0, 0.1) is 5.92 Å². The molecule has 2 aromatic carbocycles. The molecule has 6 nitrogen and oxygen atoms in total. The Kier molecular flexibility index (Phi) is 5.81. The van der Waals surface area contributed by atoms with Gasteiger partial charge in [0.25, 0.3) is 0 Å². The Morgan fingerprint density at radius 3 is 2.68 bits per heavy atom. The highest BCUT2D eigenvalue weighted by atomic mass is 19.4. The number of fused-ring (bicyclic) bond motifs is 1. The van der Waals surface area contributed by atoms with Gasteiger partial charge in [-0.25, -0.2) is 4.99 Å². The molecule has 0 saturated heterocycles. The van der Waals surface area contributed by atoms with E-state index < -0.39 is 12.1 Å². The van der Waals surface area contributed by atoms with E-state index in [0.29, 0.717) is 11.4 Å². The van der Waals surface area contributed by atoms with Crippen molar-refractivity contribution in [2.45, 2.75) is 50.4 Å². The number of ether oxygens (including phenoxy) is 1. The lowest BCUT2D eigenvalue weighted by molar-refractivity contribution is -0.274. The average molecular weight is 433 g/mol. The van der Waals surface area contributed by atoms with Crippen LogP contribution in [-0.2, 0) is 6.54 Å². The molecule has 31 heavy (non-hydrogen) atoms. The van der Waals surface area contributed by atoms with Gasteiger partial charge in [-0.05, 0) is 37.5 Å². The Bertz CT molecular complexity index is 964. The summed E-state index contributed by atoms with van der Waals surface area (Å²) in [7, 11) is 0. The molecule has 0 aromatic heterocycles. The summed E-state index contributed by atoms with van der Waals surface area (Å²) >= 11 is 0. The lowest BCUT2D eigenvalue weighted by Gasteiger charge is -2.42. The SMILES string of the molecule is NC1=NC(N)([C@H]2CCC[C@H](NCc3ccccc3OC(F)(F)F)C2)Nc2ccccc21. The first-order valence-electron chi connectivity index (χ1n) is 10.3. The summed E-state index contributed by atoms with van der Waals surface area (Å²) in [4.78, 5) is 4.57. The van der Waals surface area contributed by atoms with Crippen molar-refractivity contribution in [3.63, 3.8) is 0 Å². The molecule has 6 N–H and O–H groups in total. The van der Waals surface area contributed by atoms with Crippen molar-refractivity contribution in [2.75, 3.05) is 5.32 Å². The van der Waals surface area contributed by atoms with Gasteiger partial charge < -0.3 is 21.1 Å². The second-order valence-electron chi connectivity index (χ2n) is 8.09. The van der Waals surface area contributed by atoms with E-state index in [4.69, 9.17) is 11.5 Å². The monoisotopic (exact) mass is 433 g/mol. The van der Waals surface area contributed by atoms with Crippen molar-refractivity contribution in [2.24, 2.45) is 22.4 Å². The molecule has 1 saturated carbocycles. The number of anilines is 1. The maximum absolute atomic E-state index is 12.7. The van der Waals surface area contributed by atoms with Gasteiger partial charge in [0, 0.05) is 35.3 Å². The van der Waals surface area contributed by atoms with Gasteiger partial charge in [0.2, 0.25) is 0 Å². The lowest BCUT2D eigenvalue weighted by Crippen LogP contribution is -2.57. The highest BCUT2D eigenvalue weighted by molar-refractivity contribution is 6.04. The highest BCUT2D eigenvalue weighted by Gasteiger charge is 2.41. The zero-order chi connectivity index (χ0) is 22.1. The summed E-state index contributed by atoms with van der Waals surface area (Å²) in [6.45, 7) is 0.267. The third kappa shape index (κ3) is 4.94. The molecule has 1 aliphatic heterocycles. The Hall–Kier alpha value is -2.78. The largest absolute Gasteiger partial charge is 0.573 e. The van der Waals surface area contributed by atoms with Crippen LogP contribution in [0.15, 0.2) is 53.5 Å². The van der Waals surface area contributed by atoms with Crippen LogP contribution in [-0.4, -0.2) is 24.0 Å². The van der Waals surface area contributed by atoms with Gasteiger partial charge in [0.05, 0.1) is 0 Å². The van der Waals surface area contributed by atoms with Crippen molar-refractivity contribution in [3.05, 3.63) is 59.7 Å². The fraction of sp³-hybridized carbons (Fsp3) is 0.409. The van der Waals surface area contributed by atoms with Gasteiger partial charge in [-0.1, -0.05) is 36.8 Å². The van der Waals surface area contributed by atoms with E-state index in [0.717, 1.165) is 36.9 Å². The van der Waals surface area contributed by atoms with Crippen molar-refractivity contribution >= 4 is 11.5 Å². The average Bonchev–Trinajstić information content (AvgIpc) is 2.72. The van der Waals surface area contributed by atoms with Crippen LogP contribution in [0.3, 0.4) is 0 Å². The molecular formula is C22H26F3N5O. The topological polar surface area (TPSA) is 97.7 Å². The number of halogens is 3. The zero-order valence-electron chi connectivity index (χ0n) is 17.0. The standard InChI is InChI=1S/C22H26F3N5O/c23-22(24,25)31-19-11-4-1-6-14(19)13-28-16-8-5-7-15(12-16)21(27)29-18-10-3-2-9-17(18)20(26)30-21/h1-4,6,9-11,15-16,28-29H,5,7-8,12-13,27H2,(H2,26,30)/t15-,16-,21?/m0/s1. The molecule has 3 atom stereocenters. The van der Waals surface area contributed by atoms with E-state index in [1.165, 1.54) is 12.1 Å². The number of aliphatic imine (C=N–C) groups is 1. The smallest absolute Gasteiger partial charge is 0.405 e. The number of hydrogen-bond acceptors (Lipinski definition) is 6. The molecule has 2 aliphatic rings. The lowest BCUT2D eigenvalue weighted by atomic mass is 9.80. The second kappa shape index (κ2) is 8.39. The van der Waals surface area contributed by atoms with Crippen LogP contribution in [0.1, 0.15) is 36.8 Å². The molecule has 0 amide bonds. The molecule has 1 heterocycles. The molecule has 0 bridgehead atoms. The summed E-state index contributed by atoms with van der Waals surface area (Å²) in [6, 6.07) is 13.9. The molecule has 1 fully saturated rings. The van der Waals surface area contributed by atoms with E-state index in [1.807, 2.05) is 24.3 Å². The predicted molar refractivity (Wildman–Crippen MR) is 113 cm³/mol. The second-order valence-corrected chi connectivity index (χ2v) is 8.09. The third-order valence-corrected chi connectivity index (χ3v) is 5.92. The number of nitrogens with two attached hydrogens (primary N) is 2. The van der Waals surface area contributed by atoms with Crippen molar-refractivity contribution in [1.29, 1.82) is 0 Å². The third-order valence-electron chi connectivity index (χ3n) is 5.92. The predicted octanol–water partition coefficient (Wildman–Crippen LogP) is 3.68. The van der Waals surface area contributed by atoms with Gasteiger partial charge in [0.15, 0.2) is 5.79 Å². The van der Waals surface area contributed by atoms with Gasteiger partial charge in [-0.15, -0.1) is 13.2 Å². The molecule has 0 radical (unpaired) electrons. The zero-order valence-corrected chi connectivity index (χ0v) is 17.0. The molecular weight excluding hydrogens is 407 g/mol. The minimum Gasteiger partial charge on any atom is -0.405 e. The Morgan fingerprint density at radius 2 is 1.87 bits per heavy atom. The number of nitrogens with zero attached hydrogens (tertiary/aromatic N) is 1. The summed E-state index contributed by atoms with van der Waals surface area (Å²) in [6.07, 6.45) is -1.27. The number of alkyl halides is 3. The number of rotatable bonds is 5. The molecule has 166 valence electrons. The molecule has 1 unspecified atom stereocenters. The first-order chi connectivity index (χ1) is 14.7. The van der Waals surface area contributed by atoms with Gasteiger partial charge >= 0.3 is 6.36 Å². The van der Waals surface area contributed by atoms with E-state index >= 15 is 0 Å². The first-order valence-corrected chi connectivity index (χ1v) is 10.3. The minimum atomic E-state index is -4.72.